The van der Waals surface area contributed by atoms with Gasteiger partial charge in [-0.3, -0.25) is 0 Å². The van der Waals surface area contributed by atoms with Crippen molar-refractivity contribution >= 4 is 29.4 Å². The van der Waals surface area contributed by atoms with Gasteiger partial charge in [-0.1, -0.05) is 47.1 Å². The third-order valence-electron chi connectivity index (χ3n) is 7.48. The molecule has 2 aliphatic heterocycles. The first-order valence-electron chi connectivity index (χ1n) is 11.4. The molecule has 6 nitrogen and oxygen atoms in total. The molecule has 0 atom stereocenters. The molecule has 6 rings (SSSR count). The summed E-state index contributed by atoms with van der Waals surface area (Å²) in [6.45, 7) is 3.37. The Balaban J connectivity index is 1.01. The highest BCUT2D eigenvalue weighted by molar-refractivity contribution is 7.98. The molecule has 3 fully saturated rings. The number of urea groups is 1. The molecule has 3 aromatic rings. The molecule has 1 spiro atoms. The molecule has 2 aromatic carbocycles. The Morgan fingerprint density at radius 3 is 2.52 bits per heavy atom. The average molecular weight is 480 g/mol. The summed E-state index contributed by atoms with van der Waals surface area (Å²) in [5.74, 6) is 0.420. The molecule has 0 N–H and O–H groups in total. The Bertz CT molecular complexity index is 1160. The summed E-state index contributed by atoms with van der Waals surface area (Å²) in [5, 5.41) is 8.77. The maximum atomic E-state index is 12.9. The molecular weight excluding hydrogens is 454 g/mol. The zero-order valence-electron chi connectivity index (χ0n) is 18.5. The standard InChI is InChI=1S/C25H26ClN5OS/c1-33-23-10-20(26)6-7-22(23)18-4-2-17(3-5-18)19-13-29(14-19)24(32)30-15-25(16-30)11-21(12-25)31-9-8-27-28-31/h2-10,19,21H,11-16H2,1H3. The highest BCUT2D eigenvalue weighted by atomic mass is 35.5. The monoisotopic (exact) mass is 479 g/mol. The highest BCUT2D eigenvalue weighted by Gasteiger charge is 2.55. The lowest BCUT2D eigenvalue weighted by Gasteiger charge is -2.60. The van der Waals surface area contributed by atoms with E-state index in [1.54, 1.807) is 18.0 Å². The van der Waals surface area contributed by atoms with Crippen LogP contribution >= 0.6 is 23.4 Å². The first-order chi connectivity index (χ1) is 16.0. The van der Waals surface area contributed by atoms with Gasteiger partial charge in [-0.25, -0.2) is 9.48 Å². The third kappa shape index (κ3) is 3.71. The number of rotatable bonds is 4. The van der Waals surface area contributed by atoms with Crippen LogP contribution in [0.15, 0.2) is 59.8 Å². The van der Waals surface area contributed by atoms with E-state index < -0.39 is 0 Å². The SMILES string of the molecule is CSc1cc(Cl)ccc1-c1ccc(C2CN(C(=O)N3CC4(CC(n5ccnn5)C4)C3)C2)cc1. The first-order valence-corrected chi connectivity index (χ1v) is 13.0. The number of benzene rings is 2. The van der Waals surface area contributed by atoms with Crippen LogP contribution in [0.1, 0.15) is 30.4 Å². The van der Waals surface area contributed by atoms with Gasteiger partial charge >= 0.3 is 6.03 Å². The maximum Gasteiger partial charge on any atom is 0.320 e. The van der Waals surface area contributed by atoms with Gasteiger partial charge < -0.3 is 9.80 Å². The number of hydrogen-bond donors (Lipinski definition) is 0. The fraction of sp³-hybridized carbons (Fsp3) is 0.400. The number of halogens is 1. The third-order valence-corrected chi connectivity index (χ3v) is 8.50. The minimum absolute atomic E-state index is 0.198. The van der Waals surface area contributed by atoms with E-state index in [-0.39, 0.29) is 6.03 Å². The summed E-state index contributed by atoms with van der Waals surface area (Å²) >= 11 is 7.86. The van der Waals surface area contributed by atoms with Gasteiger partial charge in [0.05, 0.1) is 12.2 Å². The molecule has 0 radical (unpaired) electrons. The fourth-order valence-electron chi connectivity index (χ4n) is 5.58. The predicted octanol–water partition coefficient (Wildman–Crippen LogP) is 5.18. The summed E-state index contributed by atoms with van der Waals surface area (Å²) in [7, 11) is 0. The van der Waals surface area contributed by atoms with Crippen molar-refractivity contribution in [3.8, 4) is 11.1 Å². The van der Waals surface area contributed by atoms with Gasteiger partial charge in [0.25, 0.3) is 0 Å². The van der Waals surface area contributed by atoms with Crippen molar-refractivity contribution in [1.82, 2.24) is 24.8 Å². The first kappa shape index (κ1) is 21.1. The van der Waals surface area contributed by atoms with E-state index >= 15 is 0 Å². The molecule has 3 heterocycles. The van der Waals surface area contributed by atoms with Crippen molar-refractivity contribution in [3.05, 3.63) is 65.4 Å². The number of hydrogen-bond acceptors (Lipinski definition) is 4. The van der Waals surface area contributed by atoms with Crippen LogP contribution < -0.4 is 0 Å². The van der Waals surface area contributed by atoms with E-state index in [9.17, 15) is 4.79 Å². The highest BCUT2D eigenvalue weighted by Crippen LogP contribution is 2.54. The summed E-state index contributed by atoms with van der Waals surface area (Å²) in [6.07, 6.45) is 7.93. The van der Waals surface area contributed by atoms with Gasteiger partial charge in [-0.05, 0) is 47.9 Å². The van der Waals surface area contributed by atoms with Gasteiger partial charge in [-0.15, -0.1) is 16.9 Å². The fourth-order valence-corrected chi connectivity index (χ4v) is 6.47. The molecule has 1 aromatic heterocycles. The quantitative estimate of drug-likeness (QED) is 0.484. The van der Waals surface area contributed by atoms with Crippen LogP contribution in [0.2, 0.25) is 5.02 Å². The molecule has 33 heavy (non-hydrogen) atoms. The number of nitrogens with zero attached hydrogens (tertiary/aromatic N) is 5. The van der Waals surface area contributed by atoms with E-state index in [4.69, 9.17) is 11.6 Å². The number of carbonyl (C=O) groups excluding carboxylic acids is 1. The normalized spacial score (nSPS) is 19.8. The topological polar surface area (TPSA) is 54.3 Å². The zero-order chi connectivity index (χ0) is 22.6. The van der Waals surface area contributed by atoms with Gasteiger partial charge in [0.2, 0.25) is 0 Å². The number of aromatic nitrogens is 3. The Morgan fingerprint density at radius 1 is 1.09 bits per heavy atom. The lowest BCUT2D eigenvalue weighted by atomic mass is 9.60. The Kier molecular flexibility index (Phi) is 5.14. The molecule has 2 saturated heterocycles. The minimum Gasteiger partial charge on any atom is -0.323 e. The second kappa shape index (κ2) is 8.06. The predicted molar refractivity (Wildman–Crippen MR) is 131 cm³/mol. The maximum absolute atomic E-state index is 12.9. The molecule has 170 valence electrons. The molecule has 1 saturated carbocycles. The van der Waals surface area contributed by atoms with E-state index in [0.29, 0.717) is 17.4 Å². The van der Waals surface area contributed by atoms with Crippen LogP contribution in [-0.2, 0) is 0 Å². The van der Waals surface area contributed by atoms with Crippen LogP contribution in [0.3, 0.4) is 0 Å². The summed E-state index contributed by atoms with van der Waals surface area (Å²) in [6, 6.07) is 15.5. The Morgan fingerprint density at radius 2 is 1.85 bits per heavy atom. The lowest BCUT2D eigenvalue weighted by Crippen LogP contribution is -2.67. The molecule has 1 aliphatic carbocycles. The van der Waals surface area contributed by atoms with E-state index in [1.807, 2.05) is 32.8 Å². The molecular formula is C25H26ClN5OS. The van der Waals surface area contributed by atoms with Crippen LogP contribution in [0, 0.1) is 5.41 Å². The van der Waals surface area contributed by atoms with Crippen molar-refractivity contribution in [2.24, 2.45) is 5.41 Å². The van der Waals surface area contributed by atoms with Gasteiger partial charge in [0.15, 0.2) is 0 Å². The summed E-state index contributed by atoms with van der Waals surface area (Å²) < 4.78 is 1.95. The largest absolute Gasteiger partial charge is 0.323 e. The summed E-state index contributed by atoms with van der Waals surface area (Å²) in [4.78, 5) is 18.1. The van der Waals surface area contributed by atoms with Crippen molar-refractivity contribution in [2.75, 3.05) is 32.4 Å². The van der Waals surface area contributed by atoms with Gasteiger partial charge in [-0.2, -0.15) is 0 Å². The van der Waals surface area contributed by atoms with Gasteiger partial charge in [0, 0.05) is 53.6 Å². The zero-order valence-corrected chi connectivity index (χ0v) is 20.1. The number of thioether (sulfide) groups is 1. The van der Waals surface area contributed by atoms with Crippen molar-refractivity contribution in [2.45, 2.75) is 29.7 Å². The second-order valence-electron chi connectivity index (χ2n) is 9.65. The van der Waals surface area contributed by atoms with Crippen LogP contribution in [-0.4, -0.2) is 63.3 Å². The Hall–Kier alpha value is -2.51. The molecule has 2 amide bonds. The van der Waals surface area contributed by atoms with Crippen LogP contribution in [0.4, 0.5) is 4.79 Å². The van der Waals surface area contributed by atoms with Crippen molar-refractivity contribution < 1.29 is 4.79 Å². The smallest absolute Gasteiger partial charge is 0.320 e. The van der Waals surface area contributed by atoms with Crippen LogP contribution in [0.25, 0.3) is 11.1 Å². The molecule has 0 bridgehead atoms. The van der Waals surface area contributed by atoms with E-state index in [1.165, 1.54) is 21.6 Å². The molecule has 0 unspecified atom stereocenters. The van der Waals surface area contributed by atoms with Crippen molar-refractivity contribution in [3.63, 3.8) is 0 Å². The van der Waals surface area contributed by atoms with Crippen molar-refractivity contribution in [1.29, 1.82) is 0 Å². The van der Waals surface area contributed by atoms with E-state index in [2.05, 4.69) is 46.9 Å². The number of carbonyl (C=O) groups is 1. The average Bonchev–Trinajstić information content (AvgIpc) is 3.26. The number of amides is 2. The second-order valence-corrected chi connectivity index (χ2v) is 10.9. The lowest BCUT2D eigenvalue weighted by molar-refractivity contribution is -0.0773. The van der Waals surface area contributed by atoms with E-state index in [0.717, 1.165) is 44.0 Å². The summed E-state index contributed by atoms with van der Waals surface area (Å²) in [5.41, 5.74) is 4.02. The number of likely N-dealkylation sites (tertiary alicyclic amines) is 2. The molecule has 3 aliphatic rings. The van der Waals surface area contributed by atoms with Gasteiger partial charge in [0.1, 0.15) is 0 Å². The van der Waals surface area contributed by atoms with Crippen LogP contribution in [0.5, 0.6) is 0 Å². The molecule has 8 heteroatoms. The Labute approximate surface area is 202 Å². The minimum atomic E-state index is 0.198.